The molecule has 3 atom stereocenters. The van der Waals surface area contributed by atoms with Gasteiger partial charge in [-0.1, -0.05) is 13.8 Å². The predicted molar refractivity (Wildman–Crippen MR) is 70.9 cm³/mol. The van der Waals surface area contributed by atoms with E-state index in [1.165, 1.54) is 0 Å². The molecule has 0 spiro atoms. The average molecular weight is 241 g/mol. The molecular weight excluding hydrogens is 214 g/mol. The van der Waals surface area contributed by atoms with Crippen molar-refractivity contribution in [3.05, 3.63) is 0 Å². The van der Waals surface area contributed by atoms with Crippen molar-refractivity contribution in [1.82, 2.24) is 15.5 Å². The molecule has 1 amide bonds. The van der Waals surface area contributed by atoms with Crippen molar-refractivity contribution in [2.75, 3.05) is 33.2 Å². The van der Waals surface area contributed by atoms with Crippen LogP contribution in [0.25, 0.3) is 0 Å². The van der Waals surface area contributed by atoms with E-state index in [4.69, 9.17) is 0 Å². The summed E-state index contributed by atoms with van der Waals surface area (Å²) in [7, 11) is 2.11. The van der Waals surface area contributed by atoms with E-state index in [9.17, 15) is 4.79 Å². The lowest BCUT2D eigenvalue weighted by atomic mass is 9.97. The molecule has 0 bridgehead atoms. The van der Waals surface area contributed by atoms with Crippen molar-refractivity contribution in [3.63, 3.8) is 0 Å². The normalized spacial score (nSPS) is 26.2. The second-order valence-electron chi connectivity index (χ2n) is 5.27. The van der Waals surface area contributed by atoms with Crippen LogP contribution >= 0.6 is 0 Å². The van der Waals surface area contributed by atoms with Crippen molar-refractivity contribution >= 4 is 5.91 Å². The largest absolute Gasteiger partial charge is 0.355 e. The lowest BCUT2D eigenvalue weighted by Gasteiger charge is -2.24. The zero-order valence-electron chi connectivity index (χ0n) is 11.6. The van der Waals surface area contributed by atoms with E-state index in [0.717, 1.165) is 32.6 Å². The van der Waals surface area contributed by atoms with Gasteiger partial charge in [0.1, 0.15) is 0 Å². The lowest BCUT2D eigenvalue weighted by molar-refractivity contribution is -0.125. The monoisotopic (exact) mass is 241 g/mol. The molecule has 0 aromatic heterocycles. The molecule has 1 aliphatic rings. The smallest absolute Gasteiger partial charge is 0.224 e. The molecule has 0 saturated carbocycles. The average Bonchev–Trinajstić information content (AvgIpc) is 2.74. The maximum Gasteiger partial charge on any atom is 0.224 e. The number of nitrogens with zero attached hydrogens (tertiary/aromatic N) is 1. The summed E-state index contributed by atoms with van der Waals surface area (Å²) < 4.78 is 0. The maximum atomic E-state index is 11.9. The summed E-state index contributed by atoms with van der Waals surface area (Å²) in [5.74, 6) is 0.825. The van der Waals surface area contributed by atoms with E-state index >= 15 is 0 Å². The summed E-state index contributed by atoms with van der Waals surface area (Å²) in [5.41, 5.74) is 0. The first-order valence-corrected chi connectivity index (χ1v) is 6.74. The highest BCUT2D eigenvalue weighted by atomic mass is 16.1. The van der Waals surface area contributed by atoms with Crippen LogP contribution in [0.2, 0.25) is 0 Å². The summed E-state index contributed by atoms with van der Waals surface area (Å²) in [6.07, 6.45) is 1.15. The Morgan fingerprint density at radius 1 is 1.53 bits per heavy atom. The van der Waals surface area contributed by atoms with Gasteiger partial charge in [-0.3, -0.25) is 4.79 Å². The minimum absolute atomic E-state index is 0.156. The molecule has 1 rings (SSSR count). The Labute approximate surface area is 105 Å². The van der Waals surface area contributed by atoms with Gasteiger partial charge in [0.15, 0.2) is 0 Å². The van der Waals surface area contributed by atoms with Crippen molar-refractivity contribution in [3.8, 4) is 0 Å². The fourth-order valence-electron chi connectivity index (χ4n) is 2.18. The van der Waals surface area contributed by atoms with Gasteiger partial charge in [-0.05, 0) is 32.9 Å². The quantitative estimate of drug-likeness (QED) is 0.719. The number of likely N-dealkylation sites (N-methyl/N-ethyl adjacent to an activating group) is 1. The van der Waals surface area contributed by atoms with Crippen LogP contribution in [-0.4, -0.2) is 50.1 Å². The van der Waals surface area contributed by atoms with Crippen LogP contribution in [0.5, 0.6) is 0 Å². The fourth-order valence-corrected chi connectivity index (χ4v) is 2.18. The molecule has 4 heteroatoms. The fraction of sp³-hybridized carbons (Fsp3) is 0.923. The third kappa shape index (κ3) is 4.28. The third-order valence-corrected chi connectivity index (χ3v) is 3.96. The topological polar surface area (TPSA) is 44.4 Å². The SMILES string of the molecule is CCC(C)N(C)CCNC(=O)C1CNCC1C. The van der Waals surface area contributed by atoms with Crippen molar-refractivity contribution in [2.45, 2.75) is 33.2 Å². The molecule has 1 fully saturated rings. The Balaban J connectivity index is 2.20. The number of carbonyl (C=O) groups excluding carboxylic acids is 1. The van der Waals surface area contributed by atoms with Gasteiger partial charge < -0.3 is 15.5 Å². The van der Waals surface area contributed by atoms with Crippen LogP contribution < -0.4 is 10.6 Å². The van der Waals surface area contributed by atoms with Crippen LogP contribution in [-0.2, 0) is 4.79 Å². The molecular formula is C13H27N3O. The Bertz CT molecular complexity index is 245. The molecule has 2 N–H and O–H groups in total. The molecule has 17 heavy (non-hydrogen) atoms. The molecule has 0 aliphatic carbocycles. The lowest BCUT2D eigenvalue weighted by Crippen LogP contribution is -2.40. The Hall–Kier alpha value is -0.610. The van der Waals surface area contributed by atoms with Gasteiger partial charge in [0.2, 0.25) is 5.91 Å². The van der Waals surface area contributed by atoms with E-state index in [1.807, 2.05) is 0 Å². The second kappa shape index (κ2) is 6.97. The Kier molecular flexibility index (Phi) is 5.92. The van der Waals surface area contributed by atoms with Crippen molar-refractivity contribution < 1.29 is 4.79 Å². The first-order chi connectivity index (χ1) is 8.06. The number of hydrogen-bond acceptors (Lipinski definition) is 3. The van der Waals surface area contributed by atoms with Gasteiger partial charge >= 0.3 is 0 Å². The molecule has 1 heterocycles. The van der Waals surface area contributed by atoms with E-state index in [-0.39, 0.29) is 11.8 Å². The van der Waals surface area contributed by atoms with Gasteiger partial charge in [0.25, 0.3) is 0 Å². The standard InChI is InChI=1S/C13H27N3O/c1-5-11(3)16(4)7-6-15-13(17)12-9-14-8-10(12)2/h10-12,14H,5-9H2,1-4H3,(H,15,17). The van der Waals surface area contributed by atoms with Crippen LogP contribution in [0.4, 0.5) is 0 Å². The molecule has 4 nitrogen and oxygen atoms in total. The summed E-state index contributed by atoms with van der Waals surface area (Å²) in [6.45, 7) is 10.0. The number of nitrogens with one attached hydrogen (secondary N) is 2. The van der Waals surface area contributed by atoms with Crippen LogP contribution in [0, 0.1) is 11.8 Å². The molecule has 0 radical (unpaired) electrons. The highest BCUT2D eigenvalue weighted by Gasteiger charge is 2.29. The highest BCUT2D eigenvalue weighted by Crippen LogP contribution is 2.15. The molecule has 1 saturated heterocycles. The van der Waals surface area contributed by atoms with Crippen molar-refractivity contribution in [1.29, 1.82) is 0 Å². The molecule has 1 aliphatic heterocycles. The van der Waals surface area contributed by atoms with Gasteiger partial charge in [0, 0.05) is 25.7 Å². The number of rotatable bonds is 6. The summed E-state index contributed by atoms with van der Waals surface area (Å²) >= 11 is 0. The minimum Gasteiger partial charge on any atom is -0.355 e. The number of hydrogen-bond donors (Lipinski definition) is 2. The number of carbonyl (C=O) groups is 1. The van der Waals surface area contributed by atoms with Crippen LogP contribution in [0.3, 0.4) is 0 Å². The van der Waals surface area contributed by atoms with Gasteiger partial charge in [0.05, 0.1) is 5.92 Å². The van der Waals surface area contributed by atoms with Crippen LogP contribution in [0.1, 0.15) is 27.2 Å². The molecule has 0 aromatic carbocycles. The van der Waals surface area contributed by atoms with E-state index < -0.39 is 0 Å². The zero-order chi connectivity index (χ0) is 12.8. The maximum absolute atomic E-state index is 11.9. The summed E-state index contributed by atoms with van der Waals surface area (Å²) in [6, 6.07) is 0.582. The molecule has 0 aromatic rings. The van der Waals surface area contributed by atoms with E-state index in [1.54, 1.807) is 0 Å². The number of amides is 1. The predicted octanol–water partition coefficient (Wildman–Crippen LogP) is 0.688. The summed E-state index contributed by atoms with van der Waals surface area (Å²) in [4.78, 5) is 14.2. The Morgan fingerprint density at radius 3 is 2.76 bits per heavy atom. The van der Waals surface area contributed by atoms with Crippen LogP contribution in [0.15, 0.2) is 0 Å². The van der Waals surface area contributed by atoms with Gasteiger partial charge in [-0.25, -0.2) is 0 Å². The van der Waals surface area contributed by atoms with E-state index in [2.05, 4.69) is 43.4 Å². The highest BCUT2D eigenvalue weighted by molar-refractivity contribution is 5.79. The minimum atomic E-state index is 0.156. The summed E-state index contributed by atoms with van der Waals surface area (Å²) in [5, 5.41) is 6.30. The zero-order valence-corrected chi connectivity index (χ0v) is 11.6. The third-order valence-electron chi connectivity index (χ3n) is 3.96. The second-order valence-corrected chi connectivity index (χ2v) is 5.27. The van der Waals surface area contributed by atoms with Crippen molar-refractivity contribution in [2.24, 2.45) is 11.8 Å². The van der Waals surface area contributed by atoms with E-state index in [0.29, 0.717) is 12.0 Å². The molecule has 3 unspecified atom stereocenters. The van der Waals surface area contributed by atoms with Gasteiger partial charge in [-0.15, -0.1) is 0 Å². The first-order valence-electron chi connectivity index (χ1n) is 6.74. The molecule has 100 valence electrons. The van der Waals surface area contributed by atoms with Gasteiger partial charge in [-0.2, -0.15) is 0 Å². The Morgan fingerprint density at radius 2 is 2.24 bits per heavy atom. The first kappa shape index (κ1) is 14.5.